The first-order valence-corrected chi connectivity index (χ1v) is 6.36. The lowest BCUT2D eigenvalue weighted by atomic mass is 10.1. The van der Waals surface area contributed by atoms with Crippen molar-refractivity contribution in [1.29, 1.82) is 0 Å². The van der Waals surface area contributed by atoms with Gasteiger partial charge in [-0.25, -0.2) is 0 Å². The monoisotopic (exact) mass is 301 g/mol. The summed E-state index contributed by atoms with van der Waals surface area (Å²) in [5.41, 5.74) is 1.05. The second-order valence-electron chi connectivity index (χ2n) is 3.75. The molecule has 0 aromatic heterocycles. The van der Waals surface area contributed by atoms with Crippen LogP contribution >= 0.6 is 15.9 Å². The Morgan fingerprint density at radius 1 is 1.41 bits per heavy atom. The molecule has 1 heterocycles. The SMILES string of the molecule is CNCCc1c(OC)c(Br)cc2c1OCCO2. The fourth-order valence-electron chi connectivity index (χ4n) is 1.90. The van der Waals surface area contributed by atoms with Crippen LogP contribution in [-0.4, -0.2) is 33.9 Å². The smallest absolute Gasteiger partial charge is 0.168 e. The second-order valence-corrected chi connectivity index (χ2v) is 4.60. The largest absolute Gasteiger partial charge is 0.495 e. The number of hydrogen-bond acceptors (Lipinski definition) is 4. The molecule has 1 N–H and O–H groups in total. The van der Waals surface area contributed by atoms with Gasteiger partial charge in [-0.3, -0.25) is 0 Å². The van der Waals surface area contributed by atoms with Gasteiger partial charge < -0.3 is 19.5 Å². The molecule has 0 saturated heterocycles. The number of benzene rings is 1. The van der Waals surface area contributed by atoms with E-state index in [1.807, 2.05) is 13.1 Å². The van der Waals surface area contributed by atoms with Gasteiger partial charge in [0.2, 0.25) is 0 Å². The average Bonchev–Trinajstić information content (AvgIpc) is 2.35. The highest BCUT2D eigenvalue weighted by Gasteiger charge is 2.22. The highest BCUT2D eigenvalue weighted by atomic mass is 79.9. The van der Waals surface area contributed by atoms with Crippen molar-refractivity contribution >= 4 is 15.9 Å². The maximum Gasteiger partial charge on any atom is 0.168 e. The van der Waals surface area contributed by atoms with Crippen LogP contribution in [0, 0.1) is 0 Å². The van der Waals surface area contributed by atoms with E-state index in [2.05, 4.69) is 21.2 Å². The Hall–Kier alpha value is -0.940. The first-order valence-electron chi connectivity index (χ1n) is 5.57. The molecule has 1 aromatic carbocycles. The number of likely N-dealkylation sites (N-methyl/N-ethyl adjacent to an activating group) is 1. The number of methoxy groups -OCH3 is 1. The normalized spacial score (nSPS) is 13.6. The summed E-state index contributed by atoms with van der Waals surface area (Å²) >= 11 is 3.50. The van der Waals surface area contributed by atoms with Gasteiger partial charge in [-0.2, -0.15) is 0 Å². The standard InChI is InChI=1S/C12H16BrNO3/c1-14-4-3-8-11(15-2)9(13)7-10-12(8)17-6-5-16-10/h7,14H,3-6H2,1-2H3. The number of halogens is 1. The molecule has 1 aromatic rings. The van der Waals surface area contributed by atoms with Crippen molar-refractivity contribution in [3.05, 3.63) is 16.1 Å². The first-order chi connectivity index (χ1) is 8.27. The zero-order valence-corrected chi connectivity index (χ0v) is 11.6. The molecule has 1 aliphatic heterocycles. The Labute approximate surface area is 109 Å². The Morgan fingerprint density at radius 3 is 2.88 bits per heavy atom. The summed E-state index contributed by atoms with van der Waals surface area (Å²) in [7, 11) is 3.59. The molecule has 0 spiro atoms. The third-order valence-electron chi connectivity index (χ3n) is 2.66. The molecule has 2 rings (SSSR count). The Kier molecular flexibility index (Phi) is 4.12. The molecule has 0 bridgehead atoms. The molecule has 0 fully saturated rings. The molecule has 4 nitrogen and oxygen atoms in total. The Morgan fingerprint density at radius 2 is 2.18 bits per heavy atom. The molecule has 0 amide bonds. The highest BCUT2D eigenvalue weighted by Crippen LogP contribution is 2.44. The molecule has 0 unspecified atom stereocenters. The topological polar surface area (TPSA) is 39.7 Å². The van der Waals surface area contributed by atoms with Gasteiger partial charge in [0.1, 0.15) is 19.0 Å². The summed E-state index contributed by atoms with van der Waals surface area (Å²) in [5.74, 6) is 2.42. The van der Waals surface area contributed by atoms with Crippen LogP contribution in [0.4, 0.5) is 0 Å². The zero-order valence-electron chi connectivity index (χ0n) is 10.0. The Bertz CT molecular complexity index is 409. The molecule has 5 heteroatoms. The minimum absolute atomic E-state index is 0.588. The van der Waals surface area contributed by atoms with E-state index in [0.29, 0.717) is 13.2 Å². The van der Waals surface area contributed by atoms with Crippen LogP contribution < -0.4 is 19.5 Å². The van der Waals surface area contributed by atoms with Crippen LogP contribution in [0.15, 0.2) is 10.5 Å². The molecular formula is C12H16BrNO3. The van der Waals surface area contributed by atoms with E-state index in [0.717, 1.165) is 40.3 Å². The number of fused-ring (bicyclic) bond motifs is 1. The summed E-state index contributed by atoms with van der Waals surface area (Å²) in [6, 6.07) is 1.90. The van der Waals surface area contributed by atoms with Crippen LogP contribution in [-0.2, 0) is 6.42 Å². The predicted molar refractivity (Wildman–Crippen MR) is 69.3 cm³/mol. The molecule has 94 valence electrons. The third kappa shape index (κ3) is 2.50. The summed E-state index contributed by atoms with van der Waals surface area (Å²) in [5, 5.41) is 3.13. The lowest BCUT2D eigenvalue weighted by molar-refractivity contribution is 0.168. The fraction of sp³-hybridized carbons (Fsp3) is 0.500. The number of nitrogens with one attached hydrogen (secondary N) is 1. The van der Waals surface area contributed by atoms with Crippen molar-refractivity contribution in [1.82, 2.24) is 5.32 Å². The van der Waals surface area contributed by atoms with Gasteiger partial charge in [0.05, 0.1) is 11.6 Å². The van der Waals surface area contributed by atoms with Crippen LogP contribution in [0.3, 0.4) is 0 Å². The fourth-order valence-corrected chi connectivity index (χ4v) is 2.51. The van der Waals surface area contributed by atoms with E-state index < -0.39 is 0 Å². The summed E-state index contributed by atoms with van der Waals surface area (Å²) < 4.78 is 17.6. The van der Waals surface area contributed by atoms with E-state index >= 15 is 0 Å². The second kappa shape index (κ2) is 5.60. The van der Waals surface area contributed by atoms with E-state index in [4.69, 9.17) is 14.2 Å². The molecule has 0 saturated carbocycles. The van der Waals surface area contributed by atoms with Crippen molar-refractivity contribution in [2.75, 3.05) is 33.9 Å². The van der Waals surface area contributed by atoms with E-state index in [-0.39, 0.29) is 0 Å². The molecule has 1 aliphatic rings. The van der Waals surface area contributed by atoms with Gasteiger partial charge in [-0.15, -0.1) is 0 Å². The predicted octanol–water partition coefficient (Wildman–Crippen LogP) is 1.99. The van der Waals surface area contributed by atoms with E-state index in [1.165, 1.54) is 0 Å². The van der Waals surface area contributed by atoms with Gasteiger partial charge in [0, 0.05) is 11.6 Å². The van der Waals surface area contributed by atoms with Gasteiger partial charge in [-0.1, -0.05) is 0 Å². The van der Waals surface area contributed by atoms with E-state index in [1.54, 1.807) is 7.11 Å². The van der Waals surface area contributed by atoms with Crippen LogP contribution in [0.25, 0.3) is 0 Å². The van der Waals surface area contributed by atoms with Gasteiger partial charge in [0.25, 0.3) is 0 Å². The molecule has 0 aliphatic carbocycles. The molecule has 0 radical (unpaired) electrons. The molecule has 17 heavy (non-hydrogen) atoms. The number of hydrogen-bond donors (Lipinski definition) is 1. The summed E-state index contributed by atoms with van der Waals surface area (Å²) in [6.45, 7) is 2.05. The van der Waals surface area contributed by atoms with Gasteiger partial charge >= 0.3 is 0 Å². The first kappa shape index (κ1) is 12.5. The number of ether oxygens (including phenoxy) is 3. The quantitative estimate of drug-likeness (QED) is 0.923. The van der Waals surface area contributed by atoms with Crippen LogP contribution in [0.5, 0.6) is 17.2 Å². The summed E-state index contributed by atoms with van der Waals surface area (Å²) in [6.07, 6.45) is 0.838. The van der Waals surface area contributed by atoms with E-state index in [9.17, 15) is 0 Å². The van der Waals surface area contributed by atoms with Crippen molar-refractivity contribution in [2.45, 2.75) is 6.42 Å². The van der Waals surface area contributed by atoms with Crippen molar-refractivity contribution in [3.8, 4) is 17.2 Å². The maximum atomic E-state index is 5.70. The maximum absolute atomic E-state index is 5.70. The molecule has 0 atom stereocenters. The van der Waals surface area contributed by atoms with Crippen molar-refractivity contribution in [2.24, 2.45) is 0 Å². The van der Waals surface area contributed by atoms with Crippen molar-refractivity contribution in [3.63, 3.8) is 0 Å². The highest BCUT2D eigenvalue weighted by molar-refractivity contribution is 9.10. The van der Waals surface area contributed by atoms with Crippen LogP contribution in [0.2, 0.25) is 0 Å². The third-order valence-corrected chi connectivity index (χ3v) is 3.25. The average molecular weight is 302 g/mol. The van der Waals surface area contributed by atoms with Crippen molar-refractivity contribution < 1.29 is 14.2 Å². The zero-order chi connectivity index (χ0) is 12.3. The minimum Gasteiger partial charge on any atom is -0.495 e. The Balaban J connectivity index is 2.45. The number of rotatable bonds is 4. The van der Waals surface area contributed by atoms with Gasteiger partial charge in [-0.05, 0) is 35.9 Å². The summed E-state index contributed by atoms with van der Waals surface area (Å²) in [4.78, 5) is 0. The lowest BCUT2D eigenvalue weighted by Gasteiger charge is -2.23. The molecular weight excluding hydrogens is 286 g/mol. The van der Waals surface area contributed by atoms with Gasteiger partial charge in [0.15, 0.2) is 11.5 Å². The minimum atomic E-state index is 0.588. The van der Waals surface area contributed by atoms with Crippen LogP contribution in [0.1, 0.15) is 5.56 Å². The lowest BCUT2D eigenvalue weighted by Crippen LogP contribution is -2.19.